The van der Waals surface area contributed by atoms with Crippen molar-refractivity contribution in [2.24, 2.45) is 0 Å². The molecule has 1 aliphatic rings. The predicted octanol–water partition coefficient (Wildman–Crippen LogP) is 2.22. The summed E-state index contributed by atoms with van der Waals surface area (Å²) in [5.74, 6) is -0.906. The zero-order valence-electron chi connectivity index (χ0n) is 11.0. The van der Waals surface area contributed by atoms with Gasteiger partial charge in [-0.25, -0.2) is 4.79 Å². The Morgan fingerprint density at radius 3 is 2.63 bits per heavy atom. The summed E-state index contributed by atoms with van der Waals surface area (Å²) in [7, 11) is 2.07. The van der Waals surface area contributed by atoms with Crippen molar-refractivity contribution in [3.8, 4) is 0 Å². The number of nitrogens with zero attached hydrogens (tertiary/aromatic N) is 1. The first-order valence-electron chi connectivity index (χ1n) is 6.22. The topological polar surface area (TPSA) is 46.6 Å². The summed E-state index contributed by atoms with van der Waals surface area (Å²) < 4.78 is 5.59. The van der Waals surface area contributed by atoms with Gasteiger partial charge in [0.25, 0.3) is 5.78 Å². The van der Waals surface area contributed by atoms with Crippen LogP contribution in [0.2, 0.25) is 0 Å². The number of halogens is 1. The Balaban J connectivity index is 2.14. The molecule has 19 heavy (non-hydrogen) atoms. The number of rotatable bonds is 4. The zero-order chi connectivity index (χ0) is 14.0. The van der Waals surface area contributed by atoms with Gasteiger partial charge in [0, 0.05) is 29.0 Å². The van der Waals surface area contributed by atoms with Crippen LogP contribution in [0.4, 0.5) is 0 Å². The molecule has 1 saturated heterocycles. The van der Waals surface area contributed by atoms with E-state index in [2.05, 4.69) is 27.9 Å². The Morgan fingerprint density at radius 2 is 2.11 bits per heavy atom. The molecule has 1 fully saturated rings. The molecule has 0 spiro atoms. The molecule has 1 aromatic rings. The van der Waals surface area contributed by atoms with Crippen molar-refractivity contribution < 1.29 is 14.3 Å². The lowest BCUT2D eigenvalue weighted by Crippen LogP contribution is -2.41. The van der Waals surface area contributed by atoms with E-state index in [0.29, 0.717) is 11.5 Å². The Labute approximate surface area is 120 Å². The monoisotopic (exact) mass is 325 g/mol. The fourth-order valence-electron chi connectivity index (χ4n) is 2.21. The van der Waals surface area contributed by atoms with Crippen molar-refractivity contribution >= 4 is 27.7 Å². The minimum atomic E-state index is -0.800. The lowest BCUT2D eigenvalue weighted by atomic mass is 9.91. The molecule has 0 bridgehead atoms. The number of ketones is 1. The summed E-state index contributed by atoms with van der Waals surface area (Å²) >= 11 is 3.48. The second-order valence-electron chi connectivity index (χ2n) is 4.70. The third-order valence-electron chi connectivity index (χ3n) is 3.23. The molecule has 0 radical (unpaired) electrons. The molecule has 0 aromatic heterocycles. The van der Waals surface area contributed by atoms with E-state index in [1.165, 1.54) is 5.56 Å². The van der Waals surface area contributed by atoms with Gasteiger partial charge in [0.2, 0.25) is 0 Å². The molecule has 0 unspecified atom stereocenters. The number of benzene rings is 1. The molecule has 2 rings (SSSR count). The van der Waals surface area contributed by atoms with Crippen molar-refractivity contribution in [1.82, 2.24) is 4.90 Å². The SMILES string of the molecule is CCOC(=O)C(=O)c1ccc(C2CN(C)C2)c(Br)c1. The van der Waals surface area contributed by atoms with Gasteiger partial charge >= 0.3 is 5.97 Å². The lowest BCUT2D eigenvalue weighted by molar-refractivity contribution is -0.137. The van der Waals surface area contributed by atoms with E-state index in [1.54, 1.807) is 19.1 Å². The second-order valence-corrected chi connectivity index (χ2v) is 5.56. The quantitative estimate of drug-likeness (QED) is 0.484. The van der Waals surface area contributed by atoms with Crippen LogP contribution in [0.15, 0.2) is 22.7 Å². The highest BCUT2D eigenvalue weighted by molar-refractivity contribution is 9.10. The van der Waals surface area contributed by atoms with Crippen molar-refractivity contribution in [3.63, 3.8) is 0 Å². The minimum absolute atomic E-state index is 0.207. The van der Waals surface area contributed by atoms with E-state index in [9.17, 15) is 9.59 Å². The van der Waals surface area contributed by atoms with Crippen molar-refractivity contribution in [1.29, 1.82) is 0 Å². The predicted molar refractivity (Wildman–Crippen MR) is 75.3 cm³/mol. The standard InChI is InChI=1S/C14H16BrNO3/c1-3-19-14(18)13(17)9-4-5-11(12(15)6-9)10-7-16(2)8-10/h4-6,10H,3,7-8H2,1-2H3. The Hall–Kier alpha value is -1.20. The van der Waals surface area contributed by atoms with Crippen LogP contribution in [0.25, 0.3) is 0 Å². The fraction of sp³-hybridized carbons (Fsp3) is 0.429. The van der Waals surface area contributed by atoms with E-state index in [4.69, 9.17) is 4.74 Å². The molecule has 0 amide bonds. The van der Waals surface area contributed by atoms with Gasteiger partial charge in [-0.05, 0) is 25.6 Å². The highest BCUT2D eigenvalue weighted by Crippen LogP contribution is 2.32. The van der Waals surface area contributed by atoms with Crippen LogP contribution in [-0.2, 0) is 9.53 Å². The normalized spacial score (nSPS) is 15.9. The average Bonchev–Trinajstić information content (AvgIpc) is 2.35. The maximum absolute atomic E-state index is 11.8. The molecule has 0 aliphatic carbocycles. The molecule has 1 aliphatic heterocycles. The summed E-state index contributed by atoms with van der Waals surface area (Å²) in [6, 6.07) is 5.30. The van der Waals surface area contributed by atoms with Gasteiger partial charge < -0.3 is 9.64 Å². The number of hydrogen-bond donors (Lipinski definition) is 0. The minimum Gasteiger partial charge on any atom is -0.460 e. The number of likely N-dealkylation sites (tertiary alicyclic amines) is 1. The molecule has 0 N–H and O–H groups in total. The van der Waals surface area contributed by atoms with E-state index in [1.807, 2.05) is 6.07 Å². The smallest absolute Gasteiger partial charge is 0.379 e. The van der Waals surface area contributed by atoms with Crippen LogP contribution in [0.1, 0.15) is 28.8 Å². The lowest BCUT2D eigenvalue weighted by Gasteiger charge is -2.37. The van der Waals surface area contributed by atoms with E-state index >= 15 is 0 Å². The number of esters is 1. The molecule has 4 nitrogen and oxygen atoms in total. The maximum atomic E-state index is 11.8. The Bertz CT molecular complexity index is 509. The zero-order valence-corrected chi connectivity index (χ0v) is 12.6. The van der Waals surface area contributed by atoms with Crippen LogP contribution in [0.5, 0.6) is 0 Å². The summed E-state index contributed by atoms with van der Waals surface area (Å²) in [4.78, 5) is 25.4. The third-order valence-corrected chi connectivity index (χ3v) is 3.91. The highest BCUT2D eigenvalue weighted by Gasteiger charge is 2.27. The molecule has 102 valence electrons. The number of carbonyl (C=O) groups excluding carboxylic acids is 2. The Kier molecular flexibility index (Phi) is 4.37. The van der Waals surface area contributed by atoms with Gasteiger partial charge in [-0.1, -0.05) is 28.1 Å². The number of ether oxygens (including phenoxy) is 1. The molecule has 1 heterocycles. The first-order valence-corrected chi connectivity index (χ1v) is 7.01. The summed E-state index contributed by atoms with van der Waals surface area (Å²) in [5.41, 5.74) is 1.54. The van der Waals surface area contributed by atoms with Gasteiger partial charge in [0.05, 0.1) is 6.61 Å². The molecular formula is C14H16BrNO3. The van der Waals surface area contributed by atoms with E-state index < -0.39 is 11.8 Å². The van der Waals surface area contributed by atoms with Crippen molar-refractivity contribution in [3.05, 3.63) is 33.8 Å². The number of carbonyl (C=O) groups is 2. The van der Waals surface area contributed by atoms with Gasteiger partial charge in [-0.2, -0.15) is 0 Å². The van der Waals surface area contributed by atoms with Crippen LogP contribution in [0.3, 0.4) is 0 Å². The highest BCUT2D eigenvalue weighted by atomic mass is 79.9. The molecular weight excluding hydrogens is 310 g/mol. The van der Waals surface area contributed by atoms with E-state index in [-0.39, 0.29) is 6.61 Å². The summed E-state index contributed by atoms with van der Waals surface area (Å²) in [5, 5.41) is 0. The van der Waals surface area contributed by atoms with Crippen molar-refractivity contribution in [2.75, 3.05) is 26.7 Å². The van der Waals surface area contributed by atoms with Crippen LogP contribution in [-0.4, -0.2) is 43.4 Å². The molecule has 5 heteroatoms. The van der Waals surface area contributed by atoms with Crippen LogP contribution >= 0.6 is 15.9 Å². The number of hydrogen-bond acceptors (Lipinski definition) is 4. The maximum Gasteiger partial charge on any atom is 0.379 e. The first kappa shape index (κ1) is 14.2. The molecule has 0 atom stereocenters. The number of likely N-dealkylation sites (N-methyl/N-ethyl adjacent to an activating group) is 1. The fourth-order valence-corrected chi connectivity index (χ4v) is 2.91. The first-order chi connectivity index (χ1) is 9.02. The largest absolute Gasteiger partial charge is 0.460 e. The second kappa shape index (κ2) is 5.84. The molecule has 1 aromatic carbocycles. The number of Topliss-reactive ketones (excluding diaryl/α,β-unsaturated/α-hetero) is 1. The van der Waals surface area contributed by atoms with Crippen LogP contribution < -0.4 is 0 Å². The van der Waals surface area contributed by atoms with E-state index in [0.717, 1.165) is 17.6 Å². The van der Waals surface area contributed by atoms with Gasteiger partial charge in [-0.15, -0.1) is 0 Å². The van der Waals surface area contributed by atoms with Crippen molar-refractivity contribution in [2.45, 2.75) is 12.8 Å². The summed E-state index contributed by atoms with van der Waals surface area (Å²) in [6.07, 6.45) is 0. The van der Waals surface area contributed by atoms with Gasteiger partial charge in [0.15, 0.2) is 0 Å². The average molecular weight is 326 g/mol. The summed E-state index contributed by atoms with van der Waals surface area (Å²) in [6.45, 7) is 3.92. The Morgan fingerprint density at radius 1 is 1.42 bits per heavy atom. The third kappa shape index (κ3) is 3.04. The van der Waals surface area contributed by atoms with Gasteiger partial charge in [0.1, 0.15) is 0 Å². The van der Waals surface area contributed by atoms with Gasteiger partial charge in [-0.3, -0.25) is 4.79 Å². The molecule has 0 saturated carbocycles. The van der Waals surface area contributed by atoms with Crippen LogP contribution in [0, 0.1) is 0 Å².